The van der Waals surface area contributed by atoms with Crippen LogP contribution in [-0.2, 0) is 0 Å². The largest absolute Gasteiger partial charge is 0.353 e. The number of nitrogens with zero attached hydrogens (tertiary/aromatic N) is 4. The molecule has 0 radical (unpaired) electrons. The van der Waals surface area contributed by atoms with Gasteiger partial charge in [0.15, 0.2) is 11.6 Å². The number of halogens is 2. The van der Waals surface area contributed by atoms with Crippen molar-refractivity contribution < 1.29 is 9.18 Å². The lowest BCUT2D eigenvalue weighted by Crippen LogP contribution is -2.44. The monoisotopic (exact) mass is 349 g/mol. The molecule has 1 saturated heterocycles. The highest BCUT2D eigenvalue weighted by Gasteiger charge is 2.18. The SMILES string of the molecule is CN1CCN(c2ccc(NC(=O)c3c(F)cccc3Cl)nn2)CC1. The van der Waals surface area contributed by atoms with E-state index in [0.29, 0.717) is 0 Å². The van der Waals surface area contributed by atoms with Crippen molar-refractivity contribution in [1.82, 2.24) is 15.1 Å². The van der Waals surface area contributed by atoms with Crippen LogP contribution in [0, 0.1) is 5.82 Å². The number of anilines is 2. The Balaban J connectivity index is 1.69. The molecule has 1 N–H and O–H groups in total. The number of benzene rings is 1. The standard InChI is InChI=1S/C16H17ClFN5O/c1-22-7-9-23(10-8-22)14-6-5-13(20-21-14)19-16(24)15-11(17)3-2-4-12(15)18/h2-6H,7-10H2,1H3,(H,19,20,24). The van der Waals surface area contributed by atoms with Crippen molar-refractivity contribution in [3.63, 3.8) is 0 Å². The zero-order chi connectivity index (χ0) is 17.1. The van der Waals surface area contributed by atoms with E-state index < -0.39 is 11.7 Å². The van der Waals surface area contributed by atoms with Crippen molar-refractivity contribution in [2.45, 2.75) is 0 Å². The van der Waals surface area contributed by atoms with E-state index in [1.807, 2.05) is 0 Å². The van der Waals surface area contributed by atoms with Gasteiger partial charge in [0.25, 0.3) is 5.91 Å². The van der Waals surface area contributed by atoms with Crippen LogP contribution in [-0.4, -0.2) is 54.2 Å². The summed E-state index contributed by atoms with van der Waals surface area (Å²) >= 11 is 5.88. The molecule has 0 saturated carbocycles. The molecule has 1 amide bonds. The maximum atomic E-state index is 13.8. The fourth-order valence-corrected chi connectivity index (χ4v) is 2.74. The number of carbonyl (C=O) groups is 1. The first-order chi connectivity index (χ1) is 11.5. The Morgan fingerprint density at radius 1 is 1.17 bits per heavy atom. The van der Waals surface area contributed by atoms with E-state index in [1.165, 1.54) is 18.2 Å². The predicted octanol–water partition coefficient (Wildman–Crippen LogP) is 2.27. The van der Waals surface area contributed by atoms with Gasteiger partial charge in [-0.2, -0.15) is 0 Å². The molecule has 1 aromatic heterocycles. The lowest BCUT2D eigenvalue weighted by Gasteiger charge is -2.32. The van der Waals surface area contributed by atoms with Crippen LogP contribution in [0.15, 0.2) is 30.3 Å². The molecule has 1 aromatic carbocycles. The molecular weight excluding hydrogens is 333 g/mol. The second-order valence-corrected chi connectivity index (χ2v) is 6.03. The quantitative estimate of drug-likeness (QED) is 0.921. The van der Waals surface area contributed by atoms with Crippen LogP contribution < -0.4 is 10.2 Å². The zero-order valence-corrected chi connectivity index (χ0v) is 13.9. The first-order valence-electron chi connectivity index (χ1n) is 7.57. The summed E-state index contributed by atoms with van der Waals surface area (Å²) in [6, 6.07) is 7.52. The number of nitrogens with one attached hydrogen (secondary N) is 1. The second-order valence-electron chi connectivity index (χ2n) is 5.62. The molecule has 3 rings (SSSR count). The van der Waals surface area contributed by atoms with Crippen molar-refractivity contribution in [3.8, 4) is 0 Å². The summed E-state index contributed by atoms with van der Waals surface area (Å²) in [4.78, 5) is 16.5. The summed E-state index contributed by atoms with van der Waals surface area (Å²) < 4.78 is 13.8. The third-order valence-electron chi connectivity index (χ3n) is 3.91. The van der Waals surface area contributed by atoms with Gasteiger partial charge in [0, 0.05) is 26.2 Å². The van der Waals surface area contributed by atoms with Gasteiger partial charge in [-0.25, -0.2) is 4.39 Å². The molecule has 126 valence electrons. The minimum absolute atomic E-state index is 0.0505. The van der Waals surface area contributed by atoms with Crippen LogP contribution in [0.2, 0.25) is 5.02 Å². The average molecular weight is 350 g/mol. The highest BCUT2D eigenvalue weighted by molar-refractivity contribution is 6.34. The Bertz CT molecular complexity index is 711. The molecule has 1 fully saturated rings. The molecule has 2 heterocycles. The van der Waals surface area contributed by atoms with Crippen LogP contribution in [0.5, 0.6) is 0 Å². The minimum Gasteiger partial charge on any atom is -0.353 e. The first kappa shape index (κ1) is 16.6. The Hall–Kier alpha value is -2.25. The van der Waals surface area contributed by atoms with Gasteiger partial charge in [0.05, 0.1) is 10.6 Å². The van der Waals surface area contributed by atoms with Gasteiger partial charge < -0.3 is 15.1 Å². The Labute approximate surface area is 144 Å². The molecule has 0 spiro atoms. The van der Waals surface area contributed by atoms with Gasteiger partial charge in [-0.05, 0) is 31.3 Å². The van der Waals surface area contributed by atoms with Gasteiger partial charge in [0.1, 0.15) is 5.82 Å². The molecule has 0 unspecified atom stereocenters. The first-order valence-corrected chi connectivity index (χ1v) is 7.95. The third-order valence-corrected chi connectivity index (χ3v) is 4.22. The topological polar surface area (TPSA) is 61.4 Å². The molecule has 1 aliphatic rings. The van der Waals surface area contributed by atoms with Crippen LogP contribution in [0.4, 0.5) is 16.0 Å². The Kier molecular flexibility index (Phi) is 4.92. The second kappa shape index (κ2) is 7.11. The van der Waals surface area contributed by atoms with E-state index >= 15 is 0 Å². The van der Waals surface area contributed by atoms with E-state index in [4.69, 9.17) is 11.6 Å². The molecule has 2 aromatic rings. The van der Waals surface area contributed by atoms with Gasteiger partial charge >= 0.3 is 0 Å². The van der Waals surface area contributed by atoms with E-state index in [2.05, 4.69) is 32.4 Å². The van der Waals surface area contributed by atoms with Gasteiger partial charge in [-0.1, -0.05) is 17.7 Å². The van der Waals surface area contributed by atoms with Crippen LogP contribution in [0.3, 0.4) is 0 Å². The molecule has 6 nitrogen and oxygen atoms in total. The summed E-state index contributed by atoms with van der Waals surface area (Å²) in [6.45, 7) is 3.68. The van der Waals surface area contributed by atoms with Crippen molar-refractivity contribution in [1.29, 1.82) is 0 Å². The number of carbonyl (C=O) groups excluding carboxylic acids is 1. The smallest absolute Gasteiger partial charge is 0.261 e. The van der Waals surface area contributed by atoms with E-state index in [9.17, 15) is 9.18 Å². The number of piperazine rings is 1. The van der Waals surface area contributed by atoms with Gasteiger partial charge in [-0.3, -0.25) is 4.79 Å². The van der Waals surface area contributed by atoms with Crippen molar-refractivity contribution in [3.05, 3.63) is 46.7 Å². The molecule has 1 aliphatic heterocycles. The summed E-state index contributed by atoms with van der Waals surface area (Å²) in [7, 11) is 2.08. The molecule has 0 aliphatic carbocycles. The van der Waals surface area contributed by atoms with Crippen LogP contribution in [0.25, 0.3) is 0 Å². The van der Waals surface area contributed by atoms with Crippen LogP contribution in [0.1, 0.15) is 10.4 Å². The number of amides is 1. The van der Waals surface area contributed by atoms with Gasteiger partial charge in [0.2, 0.25) is 0 Å². The lowest BCUT2D eigenvalue weighted by atomic mass is 10.2. The number of aromatic nitrogens is 2. The van der Waals surface area contributed by atoms with E-state index in [0.717, 1.165) is 32.0 Å². The summed E-state index contributed by atoms with van der Waals surface area (Å²) in [6.07, 6.45) is 0. The lowest BCUT2D eigenvalue weighted by molar-refractivity contribution is 0.102. The summed E-state index contributed by atoms with van der Waals surface area (Å²) in [5.74, 6) is -0.330. The minimum atomic E-state index is -0.679. The summed E-state index contributed by atoms with van der Waals surface area (Å²) in [5.41, 5.74) is -0.205. The molecule has 24 heavy (non-hydrogen) atoms. The predicted molar refractivity (Wildman–Crippen MR) is 91.1 cm³/mol. The maximum absolute atomic E-state index is 13.8. The normalized spacial score (nSPS) is 15.4. The Morgan fingerprint density at radius 2 is 1.92 bits per heavy atom. The highest BCUT2D eigenvalue weighted by Crippen LogP contribution is 2.20. The van der Waals surface area contributed by atoms with E-state index in [-0.39, 0.29) is 16.4 Å². The molecule has 0 bridgehead atoms. The maximum Gasteiger partial charge on any atom is 0.261 e. The highest BCUT2D eigenvalue weighted by atomic mass is 35.5. The Morgan fingerprint density at radius 3 is 2.54 bits per heavy atom. The summed E-state index contributed by atoms with van der Waals surface area (Å²) in [5, 5.41) is 10.7. The van der Waals surface area contributed by atoms with Crippen molar-refractivity contribution in [2.24, 2.45) is 0 Å². The number of hydrogen-bond acceptors (Lipinski definition) is 5. The fraction of sp³-hybridized carbons (Fsp3) is 0.312. The number of hydrogen-bond donors (Lipinski definition) is 1. The van der Waals surface area contributed by atoms with E-state index in [1.54, 1.807) is 12.1 Å². The molecule has 8 heteroatoms. The van der Waals surface area contributed by atoms with Crippen LogP contribution >= 0.6 is 11.6 Å². The number of rotatable bonds is 3. The van der Waals surface area contributed by atoms with Crippen molar-refractivity contribution in [2.75, 3.05) is 43.4 Å². The third kappa shape index (κ3) is 3.63. The molecule has 0 atom stereocenters. The zero-order valence-electron chi connectivity index (χ0n) is 13.2. The van der Waals surface area contributed by atoms with Gasteiger partial charge in [-0.15, -0.1) is 10.2 Å². The number of likely N-dealkylation sites (N-methyl/N-ethyl adjacent to an activating group) is 1. The fourth-order valence-electron chi connectivity index (χ4n) is 2.49. The molecular formula is C16H17ClFN5O. The average Bonchev–Trinajstić information content (AvgIpc) is 2.56. The van der Waals surface area contributed by atoms with Crippen molar-refractivity contribution >= 4 is 29.1 Å².